The lowest BCUT2D eigenvalue weighted by Crippen LogP contribution is -2.30. The number of sulfonamides is 1. The summed E-state index contributed by atoms with van der Waals surface area (Å²) in [5, 5.41) is 17.9. The van der Waals surface area contributed by atoms with Crippen LogP contribution < -0.4 is 14.8 Å². The number of carbonyl (C=O) groups is 1. The molecule has 0 bridgehead atoms. The number of rotatable bonds is 9. The van der Waals surface area contributed by atoms with E-state index in [2.05, 4.69) is 15.1 Å². The molecule has 0 saturated heterocycles. The summed E-state index contributed by atoms with van der Waals surface area (Å²) in [4.78, 5) is 22.2. The van der Waals surface area contributed by atoms with E-state index in [1.807, 2.05) is 13.8 Å². The number of nitrogens with zero attached hydrogens (tertiary/aromatic N) is 3. The fraction of sp³-hybridized carbons (Fsp3) is 0.444. The normalized spacial score (nSPS) is 11.7. The Morgan fingerprint density at radius 1 is 1.27 bits per heavy atom. The van der Waals surface area contributed by atoms with Gasteiger partial charge in [-0.25, -0.2) is 17.8 Å². The molecule has 0 saturated carbocycles. The van der Waals surface area contributed by atoms with Crippen LogP contribution in [0, 0.1) is 16.0 Å². The molecule has 1 aromatic carbocycles. The quantitative estimate of drug-likeness (QED) is 0.450. The number of aromatic nitrogens is 2. The number of nitro groups is 1. The molecule has 30 heavy (non-hydrogen) atoms. The van der Waals surface area contributed by atoms with E-state index in [9.17, 15) is 23.3 Å². The molecule has 0 aliphatic rings. The van der Waals surface area contributed by atoms with Gasteiger partial charge in [-0.1, -0.05) is 13.8 Å². The van der Waals surface area contributed by atoms with Crippen molar-refractivity contribution >= 4 is 21.6 Å². The lowest BCUT2D eigenvalue weighted by atomic mass is 10.2. The number of non-ortho nitro benzene ring substituents is 1. The average molecular weight is 439 g/mol. The summed E-state index contributed by atoms with van der Waals surface area (Å²) in [5.74, 6) is -0.415. The SMILES string of the molecule is CC(C)CNS(=O)(=O)c1cc([N+](=O)[O-])ccc1Oc1cc(C(=O)NC(C)C)nn1C. The fourth-order valence-corrected chi connectivity index (χ4v) is 3.72. The first-order valence-corrected chi connectivity index (χ1v) is 10.7. The summed E-state index contributed by atoms with van der Waals surface area (Å²) in [6, 6.07) is 4.53. The summed E-state index contributed by atoms with van der Waals surface area (Å²) in [6.45, 7) is 7.40. The summed E-state index contributed by atoms with van der Waals surface area (Å²) in [5.41, 5.74) is -0.306. The van der Waals surface area contributed by atoms with Crippen LogP contribution in [0.15, 0.2) is 29.2 Å². The number of hydrogen-bond donors (Lipinski definition) is 2. The van der Waals surface area contributed by atoms with Crippen LogP contribution in [0.4, 0.5) is 5.69 Å². The van der Waals surface area contributed by atoms with Crippen LogP contribution in [0.2, 0.25) is 0 Å². The molecule has 11 nitrogen and oxygen atoms in total. The highest BCUT2D eigenvalue weighted by molar-refractivity contribution is 7.89. The number of aryl methyl sites for hydroxylation is 1. The Balaban J connectivity index is 2.44. The molecule has 0 fully saturated rings. The van der Waals surface area contributed by atoms with Crippen LogP contribution in [0.3, 0.4) is 0 Å². The standard InChI is InChI=1S/C18H25N5O6S/c1-11(2)10-19-30(27,28)16-8-13(23(25)26)6-7-15(16)29-17-9-14(21-22(17)5)18(24)20-12(3)4/h6-9,11-12,19H,10H2,1-5H3,(H,20,24). The summed E-state index contributed by atoms with van der Waals surface area (Å²) in [6.07, 6.45) is 0. The zero-order valence-electron chi connectivity index (χ0n) is 17.4. The Morgan fingerprint density at radius 2 is 1.93 bits per heavy atom. The number of hydrogen-bond acceptors (Lipinski definition) is 7. The van der Waals surface area contributed by atoms with Crippen LogP contribution in [-0.2, 0) is 17.1 Å². The first kappa shape index (κ1) is 23.3. The van der Waals surface area contributed by atoms with Gasteiger partial charge in [0.1, 0.15) is 10.6 Å². The van der Waals surface area contributed by atoms with E-state index >= 15 is 0 Å². The van der Waals surface area contributed by atoms with Gasteiger partial charge in [-0.15, -0.1) is 0 Å². The summed E-state index contributed by atoms with van der Waals surface area (Å²) < 4.78 is 34.8. The molecule has 2 N–H and O–H groups in total. The minimum atomic E-state index is -4.09. The topological polar surface area (TPSA) is 145 Å². The number of amides is 1. The molecule has 12 heteroatoms. The molecule has 0 aliphatic carbocycles. The maximum atomic E-state index is 12.7. The van der Waals surface area contributed by atoms with E-state index in [4.69, 9.17) is 4.74 Å². The second-order valence-electron chi connectivity index (χ2n) is 7.36. The molecule has 0 aliphatic heterocycles. The highest BCUT2D eigenvalue weighted by atomic mass is 32.2. The first-order chi connectivity index (χ1) is 13.9. The van der Waals surface area contributed by atoms with Crippen molar-refractivity contribution in [1.29, 1.82) is 0 Å². The zero-order valence-corrected chi connectivity index (χ0v) is 18.2. The Kier molecular flexibility index (Phi) is 7.16. The van der Waals surface area contributed by atoms with Gasteiger partial charge in [-0.2, -0.15) is 5.10 Å². The molecular weight excluding hydrogens is 414 g/mol. The van der Waals surface area contributed by atoms with Crippen LogP contribution in [-0.4, -0.2) is 41.6 Å². The van der Waals surface area contributed by atoms with Gasteiger partial charge in [0, 0.05) is 37.8 Å². The van der Waals surface area contributed by atoms with Crippen LogP contribution in [0.25, 0.3) is 0 Å². The summed E-state index contributed by atoms with van der Waals surface area (Å²) in [7, 11) is -2.56. The van der Waals surface area contributed by atoms with Crippen molar-refractivity contribution in [3.8, 4) is 11.6 Å². The number of nitrogens with one attached hydrogen (secondary N) is 2. The van der Waals surface area contributed by atoms with Gasteiger partial charge in [-0.05, 0) is 25.8 Å². The van der Waals surface area contributed by atoms with E-state index in [1.165, 1.54) is 23.9 Å². The lowest BCUT2D eigenvalue weighted by Gasteiger charge is -2.13. The van der Waals surface area contributed by atoms with Crippen molar-refractivity contribution in [3.05, 3.63) is 40.1 Å². The maximum Gasteiger partial charge on any atom is 0.272 e. The Morgan fingerprint density at radius 3 is 2.50 bits per heavy atom. The third kappa shape index (κ3) is 5.76. The van der Waals surface area contributed by atoms with Gasteiger partial charge >= 0.3 is 0 Å². The molecule has 0 spiro atoms. The molecule has 2 rings (SSSR count). The van der Waals surface area contributed by atoms with Gasteiger partial charge in [0.05, 0.1) is 4.92 Å². The van der Waals surface area contributed by atoms with E-state index in [1.54, 1.807) is 13.8 Å². The molecule has 0 atom stereocenters. The van der Waals surface area contributed by atoms with Crippen LogP contribution >= 0.6 is 0 Å². The molecule has 2 aromatic rings. The highest BCUT2D eigenvalue weighted by Crippen LogP contribution is 2.32. The van der Waals surface area contributed by atoms with Gasteiger partial charge in [-0.3, -0.25) is 14.9 Å². The van der Waals surface area contributed by atoms with E-state index < -0.39 is 26.5 Å². The summed E-state index contributed by atoms with van der Waals surface area (Å²) >= 11 is 0. The average Bonchev–Trinajstić information content (AvgIpc) is 3.00. The highest BCUT2D eigenvalue weighted by Gasteiger charge is 2.25. The molecule has 1 aromatic heterocycles. The van der Waals surface area contributed by atoms with Gasteiger partial charge in [0.25, 0.3) is 11.6 Å². The van der Waals surface area contributed by atoms with Crippen molar-refractivity contribution in [2.75, 3.05) is 6.54 Å². The molecule has 0 unspecified atom stereocenters. The van der Waals surface area contributed by atoms with Crippen molar-refractivity contribution in [1.82, 2.24) is 19.8 Å². The number of carbonyl (C=O) groups excluding carboxylic acids is 1. The first-order valence-electron chi connectivity index (χ1n) is 9.21. The second kappa shape index (κ2) is 9.22. The number of nitro benzene ring substituents is 1. The van der Waals surface area contributed by atoms with Gasteiger partial charge < -0.3 is 10.1 Å². The number of ether oxygens (including phenoxy) is 1. The molecule has 1 heterocycles. The number of benzene rings is 1. The monoisotopic (exact) mass is 439 g/mol. The largest absolute Gasteiger partial charge is 0.438 e. The van der Waals surface area contributed by atoms with Crippen molar-refractivity contribution < 1.29 is 22.9 Å². The molecule has 0 radical (unpaired) electrons. The van der Waals surface area contributed by atoms with Crippen LogP contribution in [0.1, 0.15) is 38.2 Å². The van der Waals surface area contributed by atoms with E-state index in [0.717, 1.165) is 12.1 Å². The fourth-order valence-electron chi connectivity index (χ4n) is 2.36. The molecular formula is C18H25N5O6S. The van der Waals surface area contributed by atoms with E-state index in [-0.39, 0.29) is 40.7 Å². The molecule has 1 amide bonds. The maximum absolute atomic E-state index is 12.7. The minimum Gasteiger partial charge on any atom is -0.438 e. The zero-order chi connectivity index (χ0) is 22.6. The smallest absolute Gasteiger partial charge is 0.272 e. The van der Waals surface area contributed by atoms with Crippen molar-refractivity contribution in [2.24, 2.45) is 13.0 Å². The van der Waals surface area contributed by atoms with Gasteiger partial charge in [0.2, 0.25) is 15.9 Å². The molecule has 164 valence electrons. The predicted octanol–water partition coefficient (Wildman–Crippen LogP) is 2.19. The Labute approximate surface area is 174 Å². The van der Waals surface area contributed by atoms with Crippen molar-refractivity contribution in [3.63, 3.8) is 0 Å². The van der Waals surface area contributed by atoms with Crippen LogP contribution in [0.5, 0.6) is 11.6 Å². The second-order valence-corrected chi connectivity index (χ2v) is 9.09. The van der Waals surface area contributed by atoms with Crippen molar-refractivity contribution in [2.45, 2.75) is 38.6 Å². The third-order valence-electron chi connectivity index (χ3n) is 3.81. The lowest BCUT2D eigenvalue weighted by molar-refractivity contribution is -0.385. The Bertz CT molecular complexity index is 1050. The third-order valence-corrected chi connectivity index (χ3v) is 5.26. The van der Waals surface area contributed by atoms with E-state index in [0.29, 0.717) is 0 Å². The predicted molar refractivity (Wildman–Crippen MR) is 109 cm³/mol. The van der Waals surface area contributed by atoms with Gasteiger partial charge in [0.15, 0.2) is 5.69 Å². The minimum absolute atomic E-state index is 0.0296. The Hall–Kier alpha value is -2.99.